The van der Waals surface area contributed by atoms with Crippen LogP contribution in [0.3, 0.4) is 0 Å². The summed E-state index contributed by atoms with van der Waals surface area (Å²) in [4.78, 5) is 16.3. The van der Waals surface area contributed by atoms with E-state index in [-0.39, 0.29) is 5.91 Å². The molecule has 0 fully saturated rings. The fourth-order valence-corrected chi connectivity index (χ4v) is 1.96. The van der Waals surface area contributed by atoms with E-state index in [1.54, 1.807) is 36.5 Å². The number of carbonyl (C=O) groups is 1. The van der Waals surface area contributed by atoms with E-state index >= 15 is 0 Å². The van der Waals surface area contributed by atoms with E-state index in [1.807, 2.05) is 12.1 Å². The number of hydrogen-bond acceptors (Lipinski definition) is 4. The van der Waals surface area contributed by atoms with Gasteiger partial charge in [0.25, 0.3) is 5.91 Å². The molecule has 0 aliphatic carbocycles. The zero-order valence-electron chi connectivity index (χ0n) is 13.3. The Morgan fingerprint density at radius 3 is 2.43 bits per heavy atom. The van der Waals surface area contributed by atoms with E-state index in [0.717, 1.165) is 18.7 Å². The Morgan fingerprint density at radius 2 is 1.87 bits per heavy atom. The Bertz CT molecular complexity index is 684. The van der Waals surface area contributed by atoms with E-state index in [9.17, 15) is 4.79 Å². The summed E-state index contributed by atoms with van der Waals surface area (Å²) in [7, 11) is 0. The van der Waals surface area contributed by atoms with Crippen molar-refractivity contribution in [3.8, 4) is 6.07 Å². The minimum absolute atomic E-state index is 0.275. The summed E-state index contributed by atoms with van der Waals surface area (Å²) in [5, 5.41) is 14.8. The number of anilines is 2. The second kappa shape index (κ2) is 7.95. The van der Waals surface area contributed by atoms with Gasteiger partial charge in [0.2, 0.25) is 0 Å². The van der Waals surface area contributed by atoms with E-state index in [2.05, 4.69) is 29.5 Å². The molecule has 23 heavy (non-hydrogen) atoms. The van der Waals surface area contributed by atoms with Gasteiger partial charge in [0.15, 0.2) is 0 Å². The second-order valence-corrected chi connectivity index (χ2v) is 5.68. The van der Waals surface area contributed by atoms with Crippen LogP contribution in [0.2, 0.25) is 0 Å². The summed E-state index contributed by atoms with van der Waals surface area (Å²) in [6, 6.07) is 12.3. The lowest BCUT2D eigenvalue weighted by molar-refractivity contribution is 0.102. The van der Waals surface area contributed by atoms with Crippen molar-refractivity contribution in [2.24, 2.45) is 5.92 Å². The maximum Gasteiger partial charge on any atom is 0.274 e. The number of hydrogen-bond donors (Lipinski definition) is 2. The van der Waals surface area contributed by atoms with Gasteiger partial charge in [0.05, 0.1) is 23.5 Å². The van der Waals surface area contributed by atoms with Crippen molar-refractivity contribution in [3.05, 3.63) is 53.9 Å². The number of rotatable bonds is 6. The van der Waals surface area contributed by atoms with Crippen molar-refractivity contribution < 1.29 is 4.79 Å². The first-order chi connectivity index (χ1) is 11.1. The maximum atomic E-state index is 12.1. The lowest BCUT2D eigenvalue weighted by Crippen LogP contribution is -2.14. The normalized spacial score (nSPS) is 10.2. The van der Waals surface area contributed by atoms with Gasteiger partial charge < -0.3 is 10.6 Å². The molecule has 1 heterocycles. The highest BCUT2D eigenvalue weighted by molar-refractivity contribution is 6.02. The molecule has 5 heteroatoms. The van der Waals surface area contributed by atoms with Crippen LogP contribution in [-0.4, -0.2) is 17.4 Å². The highest BCUT2D eigenvalue weighted by Crippen LogP contribution is 2.12. The van der Waals surface area contributed by atoms with Crippen LogP contribution in [0.25, 0.3) is 0 Å². The third kappa shape index (κ3) is 5.11. The zero-order chi connectivity index (χ0) is 16.7. The second-order valence-electron chi connectivity index (χ2n) is 5.68. The maximum absolute atomic E-state index is 12.1. The summed E-state index contributed by atoms with van der Waals surface area (Å²) in [5.74, 6) is 0.372. The van der Waals surface area contributed by atoms with Crippen LogP contribution in [0, 0.1) is 17.2 Å². The van der Waals surface area contributed by atoms with Crippen LogP contribution in [0.5, 0.6) is 0 Å². The standard InChI is InChI=1S/C18H20N4O/c1-13(2)9-10-20-16-7-8-17(21-12-16)18(23)22-15-5-3-14(11-19)4-6-15/h3-8,12-13,20H,9-10H2,1-2H3,(H,22,23). The van der Waals surface area contributed by atoms with Crippen molar-refractivity contribution in [2.45, 2.75) is 20.3 Å². The molecule has 1 amide bonds. The summed E-state index contributed by atoms with van der Waals surface area (Å²) >= 11 is 0. The number of nitrogens with zero attached hydrogens (tertiary/aromatic N) is 2. The molecule has 1 aromatic carbocycles. The first kappa shape index (κ1) is 16.5. The van der Waals surface area contributed by atoms with E-state index < -0.39 is 0 Å². The van der Waals surface area contributed by atoms with Gasteiger partial charge in [-0.1, -0.05) is 13.8 Å². The lowest BCUT2D eigenvalue weighted by Gasteiger charge is -2.09. The molecule has 0 radical (unpaired) electrons. The van der Waals surface area contributed by atoms with E-state index in [0.29, 0.717) is 22.9 Å². The monoisotopic (exact) mass is 308 g/mol. The van der Waals surface area contributed by atoms with Crippen LogP contribution in [0.4, 0.5) is 11.4 Å². The molecule has 0 aliphatic rings. The largest absolute Gasteiger partial charge is 0.384 e. The lowest BCUT2D eigenvalue weighted by atomic mass is 10.1. The Hall–Kier alpha value is -2.87. The molecule has 2 aromatic rings. The third-order valence-corrected chi connectivity index (χ3v) is 3.32. The Balaban J connectivity index is 1.93. The highest BCUT2D eigenvalue weighted by Gasteiger charge is 2.07. The first-order valence-electron chi connectivity index (χ1n) is 7.60. The van der Waals surface area contributed by atoms with E-state index in [4.69, 9.17) is 5.26 Å². The van der Waals surface area contributed by atoms with Gasteiger partial charge in [-0.3, -0.25) is 4.79 Å². The fraction of sp³-hybridized carbons (Fsp3) is 0.278. The number of carbonyl (C=O) groups excluding carboxylic acids is 1. The predicted molar refractivity (Wildman–Crippen MR) is 91.3 cm³/mol. The predicted octanol–water partition coefficient (Wildman–Crippen LogP) is 3.66. The molecule has 0 saturated carbocycles. The quantitative estimate of drug-likeness (QED) is 0.853. The summed E-state index contributed by atoms with van der Waals surface area (Å²) in [6.45, 7) is 5.24. The van der Waals surface area contributed by atoms with Crippen molar-refractivity contribution in [2.75, 3.05) is 17.2 Å². The van der Waals surface area contributed by atoms with Crippen LogP contribution in [0.15, 0.2) is 42.6 Å². The minimum atomic E-state index is -0.275. The molecule has 0 unspecified atom stereocenters. The molecule has 118 valence electrons. The molecule has 0 aliphatic heterocycles. The summed E-state index contributed by atoms with van der Waals surface area (Å²) < 4.78 is 0. The van der Waals surface area contributed by atoms with Crippen LogP contribution in [0.1, 0.15) is 36.3 Å². The fourth-order valence-electron chi connectivity index (χ4n) is 1.96. The SMILES string of the molecule is CC(C)CCNc1ccc(C(=O)Nc2ccc(C#N)cc2)nc1. The third-order valence-electron chi connectivity index (χ3n) is 3.32. The Morgan fingerprint density at radius 1 is 1.17 bits per heavy atom. The first-order valence-corrected chi connectivity index (χ1v) is 7.60. The molecule has 0 spiro atoms. The topological polar surface area (TPSA) is 77.8 Å². The van der Waals surface area contributed by atoms with Gasteiger partial charge in [-0.2, -0.15) is 5.26 Å². The van der Waals surface area contributed by atoms with Crippen LogP contribution in [-0.2, 0) is 0 Å². The van der Waals surface area contributed by atoms with Crippen LogP contribution < -0.4 is 10.6 Å². The van der Waals surface area contributed by atoms with Crippen molar-refractivity contribution in [1.29, 1.82) is 5.26 Å². The van der Waals surface area contributed by atoms with E-state index in [1.165, 1.54) is 0 Å². The zero-order valence-corrected chi connectivity index (χ0v) is 13.3. The summed E-state index contributed by atoms with van der Waals surface area (Å²) in [6.07, 6.45) is 2.74. The number of benzene rings is 1. The molecule has 0 bridgehead atoms. The number of nitriles is 1. The molecule has 1 aromatic heterocycles. The number of amides is 1. The number of nitrogens with one attached hydrogen (secondary N) is 2. The smallest absolute Gasteiger partial charge is 0.274 e. The summed E-state index contributed by atoms with van der Waals surface area (Å²) in [5.41, 5.74) is 2.44. The van der Waals surface area contributed by atoms with Gasteiger partial charge in [-0.15, -0.1) is 0 Å². The molecule has 5 nitrogen and oxygen atoms in total. The average molecular weight is 308 g/mol. The van der Waals surface area contributed by atoms with Gasteiger partial charge >= 0.3 is 0 Å². The molecule has 2 rings (SSSR count). The minimum Gasteiger partial charge on any atom is -0.384 e. The van der Waals surface area contributed by atoms with Gasteiger partial charge in [-0.05, 0) is 48.7 Å². The van der Waals surface area contributed by atoms with Gasteiger partial charge in [0, 0.05) is 12.2 Å². The Kier molecular flexibility index (Phi) is 5.70. The molecule has 0 atom stereocenters. The molecular formula is C18H20N4O. The molecule has 2 N–H and O–H groups in total. The van der Waals surface area contributed by atoms with Crippen molar-refractivity contribution in [3.63, 3.8) is 0 Å². The average Bonchev–Trinajstić information content (AvgIpc) is 2.56. The van der Waals surface area contributed by atoms with Crippen molar-refractivity contribution >= 4 is 17.3 Å². The molecular weight excluding hydrogens is 288 g/mol. The number of pyridine rings is 1. The molecule has 0 saturated heterocycles. The van der Waals surface area contributed by atoms with Gasteiger partial charge in [0.1, 0.15) is 5.69 Å². The van der Waals surface area contributed by atoms with Crippen molar-refractivity contribution in [1.82, 2.24) is 4.98 Å². The van der Waals surface area contributed by atoms with Crippen LogP contribution >= 0.6 is 0 Å². The number of aromatic nitrogens is 1. The highest BCUT2D eigenvalue weighted by atomic mass is 16.1. The Labute approximate surface area is 136 Å². The van der Waals surface area contributed by atoms with Gasteiger partial charge in [-0.25, -0.2) is 4.98 Å².